The predicted octanol–water partition coefficient (Wildman–Crippen LogP) is 3.95. The second kappa shape index (κ2) is 8.15. The minimum atomic E-state index is -0.520. The summed E-state index contributed by atoms with van der Waals surface area (Å²) in [5.74, 6) is 0.918. The standard InChI is InChI=1S/C22H28ClNO3/c1-15(2)17-12-22(9-4-10-25)13-20(26)21(23)19(24(22)14-17)11-16-5-7-18(27-3)8-6-16/h5-8,10,19,21H,4,9,11-14H2,1-3H3/t19-,21-,22+/m0/s1. The quantitative estimate of drug-likeness (QED) is 0.420. The van der Waals surface area contributed by atoms with Crippen molar-refractivity contribution < 1.29 is 14.3 Å². The van der Waals surface area contributed by atoms with Crippen molar-refractivity contribution >= 4 is 23.7 Å². The molecule has 0 aliphatic carbocycles. The highest BCUT2D eigenvalue weighted by atomic mass is 35.5. The second-order valence-electron chi connectivity index (χ2n) is 8.00. The molecule has 2 aliphatic rings. The Kier molecular flexibility index (Phi) is 6.07. The fraction of sp³-hybridized carbons (Fsp3) is 0.545. The third kappa shape index (κ3) is 3.97. The normalized spacial score (nSPS) is 28.1. The molecule has 0 unspecified atom stereocenters. The zero-order chi connectivity index (χ0) is 19.6. The Hall–Kier alpha value is -1.65. The lowest BCUT2D eigenvalue weighted by atomic mass is 9.77. The van der Waals surface area contributed by atoms with Crippen LogP contribution in [0, 0.1) is 0 Å². The number of carbonyl (C=O) groups excluding carboxylic acids is 2. The summed E-state index contributed by atoms with van der Waals surface area (Å²) in [5, 5.41) is -0.520. The van der Waals surface area contributed by atoms with Crippen LogP contribution in [0.4, 0.5) is 0 Å². The van der Waals surface area contributed by atoms with Crippen LogP contribution in [0.3, 0.4) is 0 Å². The van der Waals surface area contributed by atoms with Gasteiger partial charge in [0.2, 0.25) is 0 Å². The van der Waals surface area contributed by atoms with E-state index in [1.165, 1.54) is 11.1 Å². The minimum Gasteiger partial charge on any atom is -0.497 e. The fourth-order valence-corrected chi connectivity index (χ4v) is 4.86. The number of carbonyl (C=O) groups is 2. The molecular formula is C22H28ClNO3. The van der Waals surface area contributed by atoms with Crippen LogP contribution in [-0.2, 0) is 16.0 Å². The summed E-state index contributed by atoms with van der Waals surface area (Å²) in [5.41, 5.74) is 3.54. The Morgan fingerprint density at radius 2 is 2.00 bits per heavy atom. The van der Waals surface area contributed by atoms with Gasteiger partial charge in [-0.15, -0.1) is 11.6 Å². The smallest absolute Gasteiger partial charge is 0.154 e. The van der Waals surface area contributed by atoms with E-state index in [1.54, 1.807) is 7.11 Å². The van der Waals surface area contributed by atoms with E-state index < -0.39 is 5.38 Å². The SMILES string of the molecule is COc1ccc(C[C@H]2[C@H](Cl)C(=O)C[C@@]3(CCC=O)CC(=C(C)C)CN23)cc1. The molecule has 1 aromatic rings. The zero-order valence-electron chi connectivity index (χ0n) is 16.3. The van der Waals surface area contributed by atoms with Crippen molar-refractivity contribution in [2.24, 2.45) is 0 Å². The minimum absolute atomic E-state index is 0.0650. The van der Waals surface area contributed by atoms with Crippen LogP contribution >= 0.6 is 11.6 Å². The molecule has 4 nitrogen and oxygen atoms in total. The van der Waals surface area contributed by atoms with Crippen molar-refractivity contribution in [3.05, 3.63) is 41.0 Å². The van der Waals surface area contributed by atoms with Gasteiger partial charge in [-0.25, -0.2) is 0 Å². The highest BCUT2D eigenvalue weighted by Crippen LogP contribution is 2.46. The number of methoxy groups -OCH3 is 1. The molecular weight excluding hydrogens is 362 g/mol. The summed E-state index contributed by atoms with van der Waals surface area (Å²) in [4.78, 5) is 26.3. The maximum atomic E-state index is 12.8. The van der Waals surface area contributed by atoms with Gasteiger partial charge in [0.1, 0.15) is 17.4 Å². The number of hydrogen-bond acceptors (Lipinski definition) is 4. The van der Waals surface area contributed by atoms with Crippen molar-refractivity contribution in [1.29, 1.82) is 0 Å². The van der Waals surface area contributed by atoms with Crippen molar-refractivity contribution in [2.45, 2.75) is 62.9 Å². The average Bonchev–Trinajstić information content (AvgIpc) is 3.04. The van der Waals surface area contributed by atoms with Crippen molar-refractivity contribution in [3.8, 4) is 5.75 Å². The summed E-state index contributed by atoms with van der Waals surface area (Å²) in [6.07, 6.45) is 4.15. The van der Waals surface area contributed by atoms with Crippen LogP contribution in [0.1, 0.15) is 45.1 Å². The second-order valence-corrected chi connectivity index (χ2v) is 8.47. The summed E-state index contributed by atoms with van der Waals surface area (Å²) in [6, 6.07) is 7.88. The molecule has 0 spiro atoms. The predicted molar refractivity (Wildman–Crippen MR) is 107 cm³/mol. The van der Waals surface area contributed by atoms with Crippen molar-refractivity contribution in [1.82, 2.24) is 4.90 Å². The number of nitrogens with zero attached hydrogens (tertiary/aromatic N) is 1. The summed E-state index contributed by atoms with van der Waals surface area (Å²) in [6.45, 7) is 5.08. The Labute approximate surface area is 166 Å². The molecule has 2 heterocycles. The van der Waals surface area contributed by atoms with E-state index in [2.05, 4.69) is 18.7 Å². The summed E-state index contributed by atoms with van der Waals surface area (Å²) >= 11 is 6.63. The van der Waals surface area contributed by atoms with Gasteiger partial charge in [0, 0.05) is 31.0 Å². The molecule has 0 radical (unpaired) electrons. The number of piperidine rings is 1. The molecule has 2 aliphatic heterocycles. The Bertz CT molecular complexity index is 738. The lowest BCUT2D eigenvalue weighted by Gasteiger charge is -2.48. The lowest BCUT2D eigenvalue weighted by molar-refractivity contribution is -0.128. The number of hydrogen-bond donors (Lipinski definition) is 0. The Balaban J connectivity index is 1.93. The Morgan fingerprint density at radius 1 is 1.30 bits per heavy atom. The van der Waals surface area contributed by atoms with E-state index in [9.17, 15) is 9.59 Å². The molecule has 2 saturated heterocycles. The van der Waals surface area contributed by atoms with Gasteiger partial charge in [0.15, 0.2) is 5.78 Å². The van der Waals surface area contributed by atoms with Crippen LogP contribution in [0.2, 0.25) is 0 Å². The maximum absolute atomic E-state index is 12.8. The number of ether oxygens (including phenoxy) is 1. The van der Waals surface area contributed by atoms with E-state index in [1.807, 2.05) is 24.3 Å². The first-order valence-corrected chi connectivity index (χ1v) is 9.99. The van der Waals surface area contributed by atoms with Gasteiger partial charge in [-0.3, -0.25) is 9.69 Å². The number of fused-ring (bicyclic) bond motifs is 1. The van der Waals surface area contributed by atoms with Gasteiger partial charge < -0.3 is 9.53 Å². The maximum Gasteiger partial charge on any atom is 0.154 e. The fourth-order valence-electron chi connectivity index (χ4n) is 4.56. The molecule has 0 saturated carbocycles. The van der Waals surface area contributed by atoms with Crippen LogP contribution in [0.5, 0.6) is 5.75 Å². The highest BCUT2D eigenvalue weighted by Gasteiger charge is 2.53. The molecule has 2 fully saturated rings. The lowest BCUT2D eigenvalue weighted by Crippen LogP contribution is -2.61. The van der Waals surface area contributed by atoms with Gasteiger partial charge >= 0.3 is 0 Å². The van der Waals surface area contributed by atoms with E-state index in [0.717, 1.165) is 30.6 Å². The molecule has 1 aromatic carbocycles. The van der Waals surface area contributed by atoms with Crippen molar-refractivity contribution in [2.75, 3.05) is 13.7 Å². The molecule has 0 bridgehead atoms. The number of halogens is 1. The Morgan fingerprint density at radius 3 is 2.59 bits per heavy atom. The first-order chi connectivity index (χ1) is 12.9. The van der Waals surface area contributed by atoms with Gasteiger partial charge in [0.25, 0.3) is 0 Å². The summed E-state index contributed by atoms with van der Waals surface area (Å²) in [7, 11) is 1.65. The highest BCUT2D eigenvalue weighted by molar-refractivity contribution is 6.32. The first-order valence-electron chi connectivity index (χ1n) is 9.55. The average molecular weight is 390 g/mol. The molecule has 0 amide bonds. The van der Waals surface area contributed by atoms with E-state index >= 15 is 0 Å². The third-order valence-electron chi connectivity index (χ3n) is 6.10. The zero-order valence-corrected chi connectivity index (χ0v) is 17.1. The third-order valence-corrected chi connectivity index (χ3v) is 6.63. The summed E-state index contributed by atoms with van der Waals surface area (Å²) < 4.78 is 5.24. The number of rotatable bonds is 6. The molecule has 0 N–H and O–H groups in total. The monoisotopic (exact) mass is 389 g/mol. The molecule has 3 rings (SSSR count). The van der Waals surface area contributed by atoms with Gasteiger partial charge in [-0.05, 0) is 50.8 Å². The number of Topliss-reactive ketones (excluding diaryl/α,β-unsaturated/α-hetero) is 1. The first kappa shape index (κ1) is 20.1. The van der Waals surface area contributed by atoms with Crippen molar-refractivity contribution in [3.63, 3.8) is 0 Å². The number of benzene rings is 1. The van der Waals surface area contributed by atoms with Crippen LogP contribution < -0.4 is 4.74 Å². The molecule has 146 valence electrons. The number of ketones is 1. The van der Waals surface area contributed by atoms with E-state index in [-0.39, 0.29) is 17.4 Å². The molecule has 3 atom stereocenters. The number of alkyl halides is 1. The van der Waals surface area contributed by atoms with Gasteiger partial charge in [-0.2, -0.15) is 0 Å². The van der Waals surface area contributed by atoms with Crippen LogP contribution in [0.15, 0.2) is 35.4 Å². The van der Waals surface area contributed by atoms with E-state index in [4.69, 9.17) is 16.3 Å². The number of aldehydes is 1. The van der Waals surface area contributed by atoms with Crippen LogP contribution in [-0.4, -0.2) is 47.6 Å². The van der Waals surface area contributed by atoms with E-state index in [0.29, 0.717) is 25.7 Å². The van der Waals surface area contributed by atoms with Crippen LogP contribution in [0.25, 0.3) is 0 Å². The number of allylic oxidation sites excluding steroid dienone is 1. The molecule has 27 heavy (non-hydrogen) atoms. The topological polar surface area (TPSA) is 46.6 Å². The molecule has 5 heteroatoms. The van der Waals surface area contributed by atoms with Gasteiger partial charge in [0.05, 0.1) is 7.11 Å². The van der Waals surface area contributed by atoms with Gasteiger partial charge in [-0.1, -0.05) is 23.3 Å². The largest absolute Gasteiger partial charge is 0.497 e. The molecule has 0 aromatic heterocycles.